The summed E-state index contributed by atoms with van der Waals surface area (Å²) >= 11 is 1.64. The molecule has 1 fully saturated rings. The number of nitrogens with zero attached hydrogens (tertiary/aromatic N) is 2. The van der Waals surface area contributed by atoms with Crippen molar-refractivity contribution < 1.29 is 14.2 Å². The van der Waals surface area contributed by atoms with Gasteiger partial charge in [-0.2, -0.15) is 0 Å². The van der Waals surface area contributed by atoms with E-state index < -0.39 is 0 Å². The van der Waals surface area contributed by atoms with Gasteiger partial charge in [-0.25, -0.2) is 4.98 Å². The van der Waals surface area contributed by atoms with Crippen LogP contribution in [0.1, 0.15) is 0 Å². The smallest absolute Gasteiger partial charge is 0.186 e. The van der Waals surface area contributed by atoms with Crippen molar-refractivity contribution in [1.29, 1.82) is 0 Å². The number of anilines is 1. The molecule has 102 valence electrons. The average Bonchev–Trinajstić information content (AvgIpc) is 2.92. The van der Waals surface area contributed by atoms with Crippen LogP contribution < -0.4 is 14.4 Å². The third-order valence-electron chi connectivity index (χ3n) is 3.18. The van der Waals surface area contributed by atoms with E-state index in [0.717, 1.165) is 53.2 Å². The highest BCUT2D eigenvalue weighted by molar-refractivity contribution is 7.22. The van der Waals surface area contributed by atoms with E-state index in [1.807, 2.05) is 12.1 Å². The molecule has 3 rings (SSSR count). The van der Waals surface area contributed by atoms with Gasteiger partial charge in [0.25, 0.3) is 0 Å². The topological polar surface area (TPSA) is 43.8 Å². The van der Waals surface area contributed by atoms with Gasteiger partial charge in [0, 0.05) is 13.1 Å². The minimum absolute atomic E-state index is 0.754. The molecule has 1 aliphatic heterocycles. The fourth-order valence-electron chi connectivity index (χ4n) is 2.16. The number of morpholine rings is 1. The molecule has 1 aromatic carbocycles. The molecule has 0 spiro atoms. The molecule has 0 atom stereocenters. The fourth-order valence-corrected chi connectivity index (χ4v) is 3.29. The van der Waals surface area contributed by atoms with Crippen molar-refractivity contribution in [3.63, 3.8) is 0 Å². The van der Waals surface area contributed by atoms with Crippen molar-refractivity contribution in [1.82, 2.24) is 4.98 Å². The largest absolute Gasteiger partial charge is 0.495 e. The minimum Gasteiger partial charge on any atom is -0.495 e. The predicted molar refractivity (Wildman–Crippen MR) is 75.8 cm³/mol. The van der Waals surface area contributed by atoms with E-state index in [4.69, 9.17) is 19.2 Å². The summed E-state index contributed by atoms with van der Waals surface area (Å²) in [5.41, 5.74) is 0.869. The van der Waals surface area contributed by atoms with E-state index in [-0.39, 0.29) is 0 Å². The lowest BCUT2D eigenvalue weighted by atomic mass is 10.3. The van der Waals surface area contributed by atoms with Crippen LogP contribution in [0.15, 0.2) is 12.1 Å². The Morgan fingerprint density at radius 2 is 1.84 bits per heavy atom. The van der Waals surface area contributed by atoms with E-state index in [2.05, 4.69) is 4.90 Å². The Bertz CT molecular complexity index is 538. The summed E-state index contributed by atoms with van der Waals surface area (Å²) in [6.07, 6.45) is 0. The lowest BCUT2D eigenvalue weighted by Gasteiger charge is -2.25. The van der Waals surface area contributed by atoms with Gasteiger partial charge in [0.15, 0.2) is 5.13 Å². The molecule has 0 amide bonds. The van der Waals surface area contributed by atoms with Crippen LogP contribution in [-0.4, -0.2) is 45.5 Å². The second-order valence-corrected chi connectivity index (χ2v) is 5.22. The molecule has 0 unspecified atom stereocenters. The van der Waals surface area contributed by atoms with Crippen LogP contribution in [0.2, 0.25) is 0 Å². The first kappa shape index (κ1) is 12.5. The van der Waals surface area contributed by atoms with Gasteiger partial charge in [-0.3, -0.25) is 0 Å². The second kappa shape index (κ2) is 5.22. The summed E-state index contributed by atoms with van der Waals surface area (Å²) in [4.78, 5) is 6.94. The van der Waals surface area contributed by atoms with E-state index >= 15 is 0 Å². The van der Waals surface area contributed by atoms with Crippen LogP contribution >= 0.6 is 11.3 Å². The summed E-state index contributed by atoms with van der Waals surface area (Å²) in [6, 6.07) is 3.81. The minimum atomic E-state index is 0.754. The number of aromatic nitrogens is 1. The van der Waals surface area contributed by atoms with Crippen LogP contribution in [-0.2, 0) is 4.74 Å². The van der Waals surface area contributed by atoms with Crippen LogP contribution in [0.4, 0.5) is 5.13 Å². The Kier molecular flexibility index (Phi) is 3.44. The molecule has 0 N–H and O–H groups in total. The molecule has 2 heterocycles. The Balaban J connectivity index is 2.07. The van der Waals surface area contributed by atoms with Crippen LogP contribution in [0.25, 0.3) is 10.2 Å². The lowest BCUT2D eigenvalue weighted by molar-refractivity contribution is 0.122. The molecule has 1 aromatic heterocycles. The highest BCUT2D eigenvalue weighted by Gasteiger charge is 2.19. The molecule has 6 heteroatoms. The highest BCUT2D eigenvalue weighted by atomic mass is 32.1. The molecular formula is C13H16N2O3S. The fraction of sp³-hybridized carbons (Fsp3) is 0.462. The van der Waals surface area contributed by atoms with Gasteiger partial charge in [-0.15, -0.1) is 0 Å². The monoisotopic (exact) mass is 280 g/mol. The Labute approximate surface area is 115 Å². The van der Waals surface area contributed by atoms with Gasteiger partial charge in [0.2, 0.25) is 0 Å². The number of methoxy groups -OCH3 is 2. The zero-order chi connectivity index (χ0) is 13.2. The summed E-state index contributed by atoms with van der Waals surface area (Å²) in [5, 5.41) is 1.00. The number of hydrogen-bond donors (Lipinski definition) is 0. The second-order valence-electron chi connectivity index (χ2n) is 4.24. The summed E-state index contributed by atoms with van der Waals surface area (Å²) in [5.74, 6) is 1.62. The third kappa shape index (κ3) is 2.21. The molecule has 0 radical (unpaired) electrons. The molecule has 1 aliphatic rings. The van der Waals surface area contributed by atoms with Crippen molar-refractivity contribution in [3.05, 3.63) is 12.1 Å². The summed E-state index contributed by atoms with van der Waals surface area (Å²) in [7, 11) is 3.34. The maximum atomic E-state index is 5.40. The lowest BCUT2D eigenvalue weighted by Crippen LogP contribution is -2.36. The number of ether oxygens (including phenoxy) is 3. The molecule has 0 bridgehead atoms. The van der Waals surface area contributed by atoms with Gasteiger partial charge in [-0.1, -0.05) is 11.3 Å². The van der Waals surface area contributed by atoms with Crippen molar-refractivity contribution in [2.75, 3.05) is 45.4 Å². The number of hydrogen-bond acceptors (Lipinski definition) is 6. The molecular weight excluding hydrogens is 264 g/mol. The summed E-state index contributed by atoms with van der Waals surface area (Å²) < 4.78 is 17.2. The van der Waals surface area contributed by atoms with Gasteiger partial charge in [-0.05, 0) is 12.1 Å². The number of rotatable bonds is 3. The average molecular weight is 280 g/mol. The number of thiazole rings is 1. The van der Waals surface area contributed by atoms with Crippen molar-refractivity contribution in [2.24, 2.45) is 0 Å². The zero-order valence-corrected chi connectivity index (χ0v) is 11.8. The van der Waals surface area contributed by atoms with E-state index in [1.165, 1.54) is 0 Å². The first-order valence-corrected chi connectivity index (χ1v) is 6.99. The maximum absolute atomic E-state index is 5.40. The normalized spacial score (nSPS) is 15.8. The molecule has 1 saturated heterocycles. The van der Waals surface area contributed by atoms with Crippen LogP contribution in [0, 0.1) is 0 Å². The molecule has 2 aromatic rings. The maximum Gasteiger partial charge on any atom is 0.186 e. The first-order valence-electron chi connectivity index (χ1n) is 6.17. The van der Waals surface area contributed by atoms with E-state index in [9.17, 15) is 0 Å². The zero-order valence-electron chi connectivity index (χ0n) is 11.0. The van der Waals surface area contributed by atoms with Crippen molar-refractivity contribution in [3.8, 4) is 11.5 Å². The molecule has 5 nitrogen and oxygen atoms in total. The van der Waals surface area contributed by atoms with E-state index in [1.54, 1.807) is 25.6 Å². The standard InChI is InChI=1S/C13H16N2O3S/c1-16-9-3-4-10(17-2)12-11(9)14-13(19-12)15-5-7-18-8-6-15/h3-4H,5-8H2,1-2H3. The number of fused-ring (bicyclic) bond motifs is 1. The van der Waals surface area contributed by atoms with Crippen molar-refractivity contribution in [2.45, 2.75) is 0 Å². The van der Waals surface area contributed by atoms with Crippen LogP contribution in [0.5, 0.6) is 11.5 Å². The van der Waals surface area contributed by atoms with Crippen LogP contribution in [0.3, 0.4) is 0 Å². The number of benzene rings is 1. The Hall–Kier alpha value is -1.53. The molecule has 19 heavy (non-hydrogen) atoms. The Morgan fingerprint density at radius 1 is 1.16 bits per heavy atom. The van der Waals surface area contributed by atoms with Crippen molar-refractivity contribution >= 4 is 26.7 Å². The van der Waals surface area contributed by atoms with Gasteiger partial charge in [0.1, 0.15) is 21.7 Å². The Morgan fingerprint density at radius 3 is 2.53 bits per heavy atom. The predicted octanol–water partition coefficient (Wildman–Crippen LogP) is 2.15. The third-order valence-corrected chi connectivity index (χ3v) is 4.31. The molecule has 0 saturated carbocycles. The van der Waals surface area contributed by atoms with Gasteiger partial charge in [0.05, 0.1) is 27.4 Å². The quantitative estimate of drug-likeness (QED) is 0.862. The highest BCUT2D eigenvalue weighted by Crippen LogP contribution is 2.40. The van der Waals surface area contributed by atoms with Gasteiger partial charge < -0.3 is 19.1 Å². The molecule has 0 aliphatic carbocycles. The van der Waals surface area contributed by atoms with E-state index in [0.29, 0.717) is 0 Å². The summed E-state index contributed by atoms with van der Waals surface area (Å²) in [6.45, 7) is 3.27. The van der Waals surface area contributed by atoms with Gasteiger partial charge >= 0.3 is 0 Å². The SMILES string of the molecule is COc1ccc(OC)c2sc(N3CCOCC3)nc12. The first-order chi connectivity index (χ1) is 9.33.